The first-order valence-corrected chi connectivity index (χ1v) is 10.6. The minimum absolute atomic E-state index is 0.0243. The molecular formula is C24H19N3OS. The molecule has 0 aliphatic carbocycles. The zero-order valence-corrected chi connectivity index (χ0v) is 16.5. The molecule has 0 saturated carbocycles. The normalized spacial score (nSPS) is 15.7. The minimum Gasteiger partial charge on any atom is -0.345 e. The first-order chi connectivity index (χ1) is 14.3. The molecule has 0 spiro atoms. The number of nitrogens with zero attached hydrogens (tertiary/aromatic N) is 2. The molecule has 29 heavy (non-hydrogen) atoms. The zero-order chi connectivity index (χ0) is 19.6. The number of hydrogen-bond donors (Lipinski definition) is 1. The van der Waals surface area contributed by atoms with Gasteiger partial charge in [0.05, 0.1) is 22.8 Å². The van der Waals surface area contributed by atoms with E-state index in [0.717, 1.165) is 34.3 Å². The summed E-state index contributed by atoms with van der Waals surface area (Å²) >= 11 is 1.85. The van der Waals surface area contributed by atoms with Gasteiger partial charge in [0.15, 0.2) is 0 Å². The highest BCUT2D eigenvalue weighted by molar-refractivity contribution is 7.99. The third-order valence-corrected chi connectivity index (χ3v) is 6.32. The molecule has 4 aromatic rings. The molecule has 5 heteroatoms. The number of fused-ring (bicyclic) bond motifs is 2. The average molecular weight is 398 g/mol. The molecule has 0 saturated heterocycles. The molecule has 2 aromatic carbocycles. The Labute approximate surface area is 173 Å². The Morgan fingerprint density at radius 2 is 1.79 bits per heavy atom. The summed E-state index contributed by atoms with van der Waals surface area (Å²) in [5.41, 5.74) is 4.38. The van der Waals surface area contributed by atoms with Crippen molar-refractivity contribution in [2.75, 3.05) is 5.75 Å². The van der Waals surface area contributed by atoms with E-state index in [1.54, 1.807) is 12.4 Å². The summed E-state index contributed by atoms with van der Waals surface area (Å²) in [4.78, 5) is 23.5. The number of carbonyl (C=O) groups is 1. The number of hydrogen-bond acceptors (Lipinski definition) is 4. The largest absolute Gasteiger partial charge is 0.345 e. The Hall–Kier alpha value is -3.18. The van der Waals surface area contributed by atoms with E-state index in [1.165, 1.54) is 10.5 Å². The van der Waals surface area contributed by atoms with E-state index in [2.05, 4.69) is 22.4 Å². The van der Waals surface area contributed by atoms with Crippen molar-refractivity contribution in [2.45, 2.75) is 17.4 Å². The highest BCUT2D eigenvalue weighted by Gasteiger charge is 2.23. The van der Waals surface area contributed by atoms with Crippen molar-refractivity contribution in [2.24, 2.45) is 0 Å². The molecule has 1 aliphatic rings. The van der Waals surface area contributed by atoms with Crippen molar-refractivity contribution < 1.29 is 4.79 Å². The van der Waals surface area contributed by atoms with Crippen molar-refractivity contribution in [3.8, 4) is 11.3 Å². The van der Waals surface area contributed by atoms with Crippen LogP contribution in [-0.4, -0.2) is 21.6 Å². The van der Waals surface area contributed by atoms with Crippen LogP contribution in [0.5, 0.6) is 0 Å². The molecule has 0 radical (unpaired) electrons. The van der Waals surface area contributed by atoms with Crippen LogP contribution in [0.15, 0.2) is 84.0 Å². The summed E-state index contributed by atoms with van der Waals surface area (Å²) < 4.78 is 0. The van der Waals surface area contributed by atoms with Gasteiger partial charge in [0.25, 0.3) is 5.91 Å². The molecule has 0 fully saturated rings. The van der Waals surface area contributed by atoms with Crippen LogP contribution in [0.1, 0.15) is 28.4 Å². The molecule has 4 nitrogen and oxygen atoms in total. The summed E-state index contributed by atoms with van der Waals surface area (Å²) in [6, 6.07) is 21.8. The second kappa shape index (κ2) is 7.68. The third kappa shape index (κ3) is 3.49. The number of aromatic nitrogens is 2. The van der Waals surface area contributed by atoms with Crippen molar-refractivity contribution in [3.63, 3.8) is 0 Å². The lowest BCUT2D eigenvalue weighted by molar-refractivity contribution is 0.0936. The fourth-order valence-electron chi connectivity index (χ4n) is 3.76. The monoisotopic (exact) mass is 397 g/mol. The van der Waals surface area contributed by atoms with E-state index in [1.807, 2.05) is 66.4 Å². The predicted molar refractivity (Wildman–Crippen MR) is 117 cm³/mol. The van der Waals surface area contributed by atoms with Gasteiger partial charge in [-0.2, -0.15) is 0 Å². The van der Waals surface area contributed by atoms with Crippen molar-refractivity contribution in [1.29, 1.82) is 0 Å². The molecule has 1 atom stereocenters. The molecule has 1 aliphatic heterocycles. The maximum atomic E-state index is 13.4. The van der Waals surface area contributed by atoms with E-state index in [0.29, 0.717) is 5.56 Å². The molecule has 1 amide bonds. The predicted octanol–water partition coefficient (Wildman–Crippen LogP) is 5.26. The van der Waals surface area contributed by atoms with Crippen LogP contribution in [0.2, 0.25) is 0 Å². The van der Waals surface area contributed by atoms with Crippen LogP contribution < -0.4 is 5.32 Å². The van der Waals surface area contributed by atoms with Gasteiger partial charge in [-0.15, -0.1) is 11.8 Å². The van der Waals surface area contributed by atoms with Crippen LogP contribution in [0.4, 0.5) is 0 Å². The van der Waals surface area contributed by atoms with E-state index in [9.17, 15) is 4.79 Å². The lowest BCUT2D eigenvalue weighted by Gasteiger charge is -2.26. The van der Waals surface area contributed by atoms with Gasteiger partial charge >= 0.3 is 0 Å². The Kier molecular flexibility index (Phi) is 4.74. The zero-order valence-electron chi connectivity index (χ0n) is 15.7. The number of pyridine rings is 2. The molecule has 1 N–H and O–H groups in total. The van der Waals surface area contributed by atoms with Crippen molar-refractivity contribution in [3.05, 3.63) is 90.3 Å². The quantitative estimate of drug-likeness (QED) is 0.512. The summed E-state index contributed by atoms with van der Waals surface area (Å²) in [5.74, 6) is 0.937. The first kappa shape index (κ1) is 17.9. The summed E-state index contributed by atoms with van der Waals surface area (Å²) in [6.45, 7) is 0. The van der Waals surface area contributed by atoms with Crippen LogP contribution in [-0.2, 0) is 0 Å². The van der Waals surface area contributed by atoms with Gasteiger partial charge in [-0.1, -0.05) is 36.4 Å². The highest BCUT2D eigenvalue weighted by atomic mass is 32.2. The molecule has 142 valence electrons. The molecule has 0 unspecified atom stereocenters. The molecule has 0 bridgehead atoms. The Balaban J connectivity index is 1.55. The molecule has 3 heterocycles. The van der Waals surface area contributed by atoms with Gasteiger partial charge < -0.3 is 5.32 Å². The van der Waals surface area contributed by atoms with Crippen LogP contribution >= 0.6 is 11.8 Å². The Morgan fingerprint density at radius 3 is 2.69 bits per heavy atom. The van der Waals surface area contributed by atoms with Crippen molar-refractivity contribution in [1.82, 2.24) is 15.3 Å². The van der Waals surface area contributed by atoms with Gasteiger partial charge in [0.2, 0.25) is 0 Å². The standard InChI is InChI=1S/C24H19N3OS/c28-24(27-21-11-14-29-23-8-4-2-6-18(21)23)19-15-22(16-9-12-25-13-10-16)26-20-7-3-1-5-17(19)20/h1-10,12-13,15,21H,11,14H2,(H,27,28)/t21-/m0/s1. The van der Waals surface area contributed by atoms with Gasteiger partial charge in [0, 0.05) is 34.0 Å². The smallest absolute Gasteiger partial charge is 0.252 e. The Morgan fingerprint density at radius 1 is 1.00 bits per heavy atom. The molecule has 2 aromatic heterocycles. The molecule has 5 rings (SSSR count). The van der Waals surface area contributed by atoms with Crippen LogP contribution in [0.3, 0.4) is 0 Å². The van der Waals surface area contributed by atoms with Gasteiger partial charge in [0.1, 0.15) is 0 Å². The number of amides is 1. The number of carbonyl (C=O) groups excluding carboxylic acids is 1. The number of rotatable bonds is 3. The highest BCUT2D eigenvalue weighted by Crippen LogP contribution is 2.36. The number of thioether (sulfide) groups is 1. The van der Waals surface area contributed by atoms with Gasteiger partial charge in [-0.25, -0.2) is 4.98 Å². The summed E-state index contributed by atoms with van der Waals surface area (Å²) in [7, 11) is 0. The van der Waals surface area contributed by atoms with Gasteiger partial charge in [-0.3, -0.25) is 9.78 Å². The Bertz CT molecular complexity index is 1190. The second-order valence-electron chi connectivity index (χ2n) is 7.01. The lowest BCUT2D eigenvalue weighted by atomic mass is 10.0. The van der Waals surface area contributed by atoms with Crippen LogP contribution in [0.25, 0.3) is 22.2 Å². The van der Waals surface area contributed by atoms with Crippen molar-refractivity contribution >= 4 is 28.6 Å². The fraction of sp³-hybridized carbons (Fsp3) is 0.125. The minimum atomic E-state index is -0.0643. The first-order valence-electron chi connectivity index (χ1n) is 9.62. The number of para-hydroxylation sites is 1. The van der Waals surface area contributed by atoms with Gasteiger partial charge in [-0.05, 0) is 42.3 Å². The number of benzene rings is 2. The SMILES string of the molecule is O=C(N[C@H]1CCSc2ccccc21)c1cc(-c2ccncc2)nc2ccccc12. The third-order valence-electron chi connectivity index (χ3n) is 5.20. The van der Waals surface area contributed by atoms with E-state index < -0.39 is 0 Å². The van der Waals surface area contributed by atoms with E-state index >= 15 is 0 Å². The maximum absolute atomic E-state index is 13.4. The fourth-order valence-corrected chi connectivity index (χ4v) is 4.89. The van der Waals surface area contributed by atoms with Crippen LogP contribution in [0, 0.1) is 0 Å². The summed E-state index contributed by atoms with van der Waals surface area (Å²) in [5, 5.41) is 4.13. The van der Waals surface area contributed by atoms with E-state index in [4.69, 9.17) is 4.98 Å². The van der Waals surface area contributed by atoms with E-state index in [-0.39, 0.29) is 11.9 Å². The summed E-state index contributed by atoms with van der Waals surface area (Å²) in [6.07, 6.45) is 4.40. The molecular weight excluding hydrogens is 378 g/mol. The maximum Gasteiger partial charge on any atom is 0.252 e. The lowest BCUT2D eigenvalue weighted by Crippen LogP contribution is -2.30. The average Bonchev–Trinajstić information content (AvgIpc) is 2.79. The topological polar surface area (TPSA) is 54.9 Å². The second-order valence-corrected chi connectivity index (χ2v) is 8.15. The number of nitrogens with one attached hydrogen (secondary N) is 1.